The predicted molar refractivity (Wildman–Crippen MR) is 238 cm³/mol. The first-order valence-electron chi connectivity index (χ1n) is 23.3. The van der Waals surface area contributed by atoms with Gasteiger partial charge in [-0.2, -0.15) is 0 Å². The summed E-state index contributed by atoms with van der Waals surface area (Å²) in [6, 6.07) is 4.70. The second kappa shape index (κ2) is 22.8. The minimum Gasteiger partial charge on any atom is -0.462 e. The summed E-state index contributed by atoms with van der Waals surface area (Å²) in [6.45, 7) is 13.5. The summed E-state index contributed by atoms with van der Waals surface area (Å²) in [7, 11) is -0.144. The van der Waals surface area contributed by atoms with E-state index < -0.39 is 143 Å². The van der Waals surface area contributed by atoms with Gasteiger partial charge in [-0.25, -0.2) is 12.8 Å². The van der Waals surface area contributed by atoms with Gasteiger partial charge in [0.1, 0.15) is 25.0 Å². The quantitative estimate of drug-likeness (QED) is 0.155. The van der Waals surface area contributed by atoms with E-state index in [4.69, 9.17) is 33.2 Å². The first-order chi connectivity index (χ1) is 30.9. The first kappa shape index (κ1) is 54.3. The maximum Gasteiger partial charge on any atom is 0.311 e. The van der Waals surface area contributed by atoms with Gasteiger partial charge in [0, 0.05) is 56.5 Å². The van der Waals surface area contributed by atoms with Crippen molar-refractivity contribution in [2.45, 2.75) is 178 Å². The molecule has 0 saturated carbocycles. The Morgan fingerprint density at radius 2 is 1.56 bits per heavy atom. The molecule has 1 spiro atoms. The Labute approximate surface area is 389 Å². The third-order valence-corrected chi connectivity index (χ3v) is 15.5. The topological polar surface area (TPSA) is 229 Å². The molecule has 4 N–H and O–H groups in total. The van der Waals surface area contributed by atoms with Gasteiger partial charge in [-0.1, -0.05) is 39.8 Å². The van der Waals surface area contributed by atoms with E-state index in [1.54, 1.807) is 53.8 Å². The van der Waals surface area contributed by atoms with E-state index >= 15 is 0 Å². The molecule has 19 atom stereocenters. The van der Waals surface area contributed by atoms with Gasteiger partial charge >= 0.3 is 5.97 Å². The average Bonchev–Trinajstić information content (AvgIpc) is 4.06. The molecule has 0 bridgehead atoms. The molecular weight excluding hydrogens is 884 g/mol. The van der Waals surface area contributed by atoms with Crippen LogP contribution in [-0.2, 0) is 63.8 Å². The zero-order valence-electron chi connectivity index (χ0n) is 40.3. The van der Waals surface area contributed by atoms with Crippen LogP contribution in [-0.4, -0.2) is 172 Å². The van der Waals surface area contributed by atoms with Crippen LogP contribution in [0.1, 0.15) is 86.6 Å². The molecule has 0 aliphatic carbocycles. The van der Waals surface area contributed by atoms with E-state index in [0.29, 0.717) is 12.0 Å². The summed E-state index contributed by atoms with van der Waals surface area (Å²) >= 11 is 0. The number of cyclic esters (lactones) is 1. The van der Waals surface area contributed by atoms with E-state index in [1.807, 2.05) is 25.7 Å². The highest BCUT2D eigenvalue weighted by Gasteiger charge is 2.57. The summed E-state index contributed by atoms with van der Waals surface area (Å²) in [4.78, 5) is 43.3. The predicted octanol–water partition coefficient (Wildman–Crippen LogP) is 2.77. The van der Waals surface area contributed by atoms with Crippen molar-refractivity contribution in [1.29, 1.82) is 0 Å². The van der Waals surface area contributed by atoms with Gasteiger partial charge in [0.25, 0.3) is 0 Å². The average molecular weight is 959 g/mol. The Hall–Kier alpha value is -2.69. The second-order valence-electron chi connectivity index (χ2n) is 19.6. The smallest absolute Gasteiger partial charge is 0.311 e. The normalized spacial score (nSPS) is 40.1. The molecule has 1 aromatic rings. The first-order valence-corrected chi connectivity index (χ1v) is 25.2. The van der Waals surface area contributed by atoms with Crippen molar-refractivity contribution < 1.29 is 75.7 Å². The lowest BCUT2D eigenvalue weighted by molar-refractivity contribution is -0.299. The number of alkyl halides is 1. The summed E-state index contributed by atoms with van der Waals surface area (Å²) in [6.07, 6.45) is -7.76. The Balaban J connectivity index is 1.37. The number of rotatable bonds is 14. The molecule has 1 aromatic carbocycles. The number of sulfone groups is 1. The van der Waals surface area contributed by atoms with Crippen LogP contribution in [0.25, 0.3) is 0 Å². The molecule has 4 aliphatic rings. The highest BCUT2D eigenvalue weighted by molar-refractivity contribution is 7.90. The van der Waals surface area contributed by atoms with Crippen LogP contribution in [0, 0.1) is 29.6 Å². The van der Waals surface area contributed by atoms with Gasteiger partial charge in [-0.05, 0) is 77.6 Å². The maximum atomic E-state index is 14.1. The van der Waals surface area contributed by atoms with Crippen LogP contribution in [0.15, 0.2) is 29.2 Å². The molecule has 5 rings (SSSR count). The lowest BCUT2D eigenvalue weighted by atomic mass is 9.76. The number of nitrogens with one attached hydrogen (secondary N) is 1. The van der Waals surface area contributed by atoms with Gasteiger partial charge in [0.05, 0.1) is 60.1 Å². The van der Waals surface area contributed by atoms with Crippen LogP contribution in [0.2, 0.25) is 0 Å². The molecule has 19 heteroatoms. The Morgan fingerprint density at radius 3 is 2.15 bits per heavy atom. The highest BCUT2D eigenvalue weighted by atomic mass is 32.2. The lowest BCUT2D eigenvalue weighted by Crippen LogP contribution is -2.58. The van der Waals surface area contributed by atoms with Crippen molar-refractivity contribution in [3.05, 3.63) is 29.8 Å². The third kappa shape index (κ3) is 13.1. The van der Waals surface area contributed by atoms with Crippen molar-refractivity contribution >= 4 is 27.5 Å². The summed E-state index contributed by atoms with van der Waals surface area (Å²) < 4.78 is 81.3. The number of amides is 1. The van der Waals surface area contributed by atoms with Crippen LogP contribution in [0.4, 0.5) is 4.39 Å². The van der Waals surface area contributed by atoms with Gasteiger partial charge in [-0.3, -0.25) is 14.4 Å². The lowest BCUT2D eigenvalue weighted by Gasteiger charge is -2.46. The number of carbonyl (C=O) groups is 3. The monoisotopic (exact) mass is 958 g/mol. The molecule has 66 heavy (non-hydrogen) atoms. The summed E-state index contributed by atoms with van der Waals surface area (Å²) in [5.74, 6) is -4.81. The van der Waals surface area contributed by atoms with Crippen LogP contribution < -0.4 is 5.32 Å². The molecule has 1 amide bonds. The number of epoxide rings is 1. The minimum absolute atomic E-state index is 0.0167. The molecule has 3 unspecified atom stereocenters. The number of nitrogens with zero attached hydrogens (tertiary/aromatic N) is 1. The highest BCUT2D eigenvalue weighted by Crippen LogP contribution is 2.43. The number of methoxy groups -OCH3 is 1. The Morgan fingerprint density at radius 1 is 0.909 bits per heavy atom. The maximum absolute atomic E-state index is 14.1. The van der Waals surface area contributed by atoms with Crippen LogP contribution in [0.3, 0.4) is 0 Å². The number of hydrogen-bond acceptors (Lipinski definition) is 16. The molecule has 4 heterocycles. The molecule has 0 aromatic heterocycles. The van der Waals surface area contributed by atoms with Crippen LogP contribution >= 0.6 is 0 Å². The number of aliphatic hydroxyl groups excluding tert-OH is 3. The van der Waals surface area contributed by atoms with Crippen molar-refractivity contribution in [2.75, 3.05) is 40.2 Å². The largest absolute Gasteiger partial charge is 0.462 e. The fraction of sp³-hybridized carbons (Fsp3) is 0.809. The van der Waals surface area contributed by atoms with E-state index in [-0.39, 0.29) is 49.5 Å². The number of Topliss-reactive ketones (excluding diaryl/α,β-unsaturated/α-hetero) is 1. The Kier molecular flexibility index (Phi) is 18.8. The fourth-order valence-corrected chi connectivity index (χ4v) is 10.5. The molecular formula is C47H75FN2O15S. The zero-order valence-corrected chi connectivity index (χ0v) is 41.1. The van der Waals surface area contributed by atoms with Crippen molar-refractivity contribution in [3.63, 3.8) is 0 Å². The number of hydrogen-bond donors (Lipinski definition) is 4. The number of likely N-dealkylation sites (N-methyl/N-ethyl adjacent to an activating group) is 1. The van der Waals surface area contributed by atoms with Gasteiger partial charge in [0.2, 0.25) is 5.91 Å². The van der Waals surface area contributed by atoms with Gasteiger partial charge < -0.3 is 58.7 Å². The molecule has 4 fully saturated rings. The SMILES string of the molecule is CO[C@@H]1C[C@H](O[C@H]2[C@H](C)[C@@H](O[C@@H]3O[C@H](C)C[C@H](N(C)CCC(=O)N[C@H](CF)Cc4ccc(S(C)(=O)=O)cc4)[C@H]3O)[C@@H](C)CC3(CO3)C(=O)[C@H](C)C(O)[C@@H](C)[C@@H](C)OC(=O)[C@@H]2C)OC(C)[C@@H]1O. The second-order valence-corrected chi connectivity index (χ2v) is 21.6. The molecule has 4 saturated heterocycles. The van der Waals surface area contributed by atoms with Crippen LogP contribution in [0.5, 0.6) is 0 Å². The zero-order chi connectivity index (χ0) is 49.0. The van der Waals surface area contributed by atoms with Gasteiger partial charge in [0.15, 0.2) is 33.8 Å². The molecule has 17 nitrogen and oxygen atoms in total. The van der Waals surface area contributed by atoms with E-state index in [9.17, 15) is 42.5 Å². The third-order valence-electron chi connectivity index (χ3n) is 14.4. The molecule has 0 radical (unpaired) electrons. The number of benzene rings is 1. The Bertz CT molecular complexity index is 1890. The number of ether oxygens (including phenoxy) is 7. The number of aliphatic hydroxyl groups is 3. The number of esters is 1. The van der Waals surface area contributed by atoms with Crippen molar-refractivity contribution in [2.24, 2.45) is 29.6 Å². The van der Waals surface area contributed by atoms with E-state index in [2.05, 4.69) is 5.32 Å². The minimum atomic E-state index is -3.40. The van der Waals surface area contributed by atoms with E-state index in [1.165, 1.54) is 19.2 Å². The number of ketones is 1. The van der Waals surface area contributed by atoms with Crippen molar-refractivity contribution in [1.82, 2.24) is 10.2 Å². The van der Waals surface area contributed by atoms with Gasteiger partial charge in [-0.15, -0.1) is 0 Å². The summed E-state index contributed by atoms with van der Waals surface area (Å²) in [5.41, 5.74) is -0.541. The number of carbonyl (C=O) groups excluding carboxylic acids is 3. The standard InChI is InChI=1S/C47H75FN2O15S/c1-24-21-47(23-60-47)44(55)27(4)39(52)26(3)30(7)63-45(56)29(6)43(64-38-20-36(59-10)40(53)31(8)62-38)28(5)42(24)65-46-41(54)35(18-25(2)61-46)50(9)17-16-37(51)49-33(22-48)19-32-12-14-34(15-13-32)66(11,57)58/h12-15,24-31,33,35-36,38-43,46,52-54H,16-23H2,1-11H3,(H,49,51)/t24-,25+,26-,27+,28+,29+,30+,31?,33-,35-,36+,38-,39?,40-,41+,42-,43-,46-,47?/m0/s1. The van der Waals surface area contributed by atoms with E-state index in [0.717, 1.165) is 6.26 Å². The fourth-order valence-electron chi connectivity index (χ4n) is 9.86. The molecule has 376 valence electrons. The van der Waals surface area contributed by atoms with Crippen molar-refractivity contribution in [3.8, 4) is 0 Å². The summed E-state index contributed by atoms with van der Waals surface area (Å²) in [5, 5.41) is 36.9. The number of halogens is 1. The molecule has 4 aliphatic heterocycles.